The molecule has 154 valence electrons. The van der Waals surface area contributed by atoms with Crippen LogP contribution in [0, 0.1) is 6.92 Å². The van der Waals surface area contributed by atoms with E-state index in [1.807, 2.05) is 43.3 Å². The van der Waals surface area contributed by atoms with Gasteiger partial charge in [-0.2, -0.15) is 0 Å². The standard InChI is InChI=1S/C24H23NO5/c1-14-17-10-9-15-7-5-6-8-18(15)23(17)30-22(14)24(26)25-13-16-11-20(28-3)21(29-4)12-19(16)27-2/h5-12H,13H2,1-4H3,(H,25,26). The molecule has 4 rings (SSSR count). The maximum absolute atomic E-state index is 12.9. The van der Waals surface area contributed by atoms with E-state index in [4.69, 9.17) is 18.6 Å². The molecular formula is C24H23NO5. The first-order chi connectivity index (χ1) is 14.6. The van der Waals surface area contributed by atoms with Gasteiger partial charge in [0, 0.05) is 34.5 Å². The molecule has 0 saturated heterocycles. The van der Waals surface area contributed by atoms with Crippen LogP contribution in [0.2, 0.25) is 0 Å². The first-order valence-electron chi connectivity index (χ1n) is 9.55. The topological polar surface area (TPSA) is 69.9 Å². The van der Waals surface area contributed by atoms with Gasteiger partial charge in [0.25, 0.3) is 5.91 Å². The Bertz CT molecular complexity index is 1240. The molecule has 0 aliphatic carbocycles. The molecule has 0 radical (unpaired) electrons. The number of methoxy groups -OCH3 is 3. The van der Waals surface area contributed by atoms with Crippen LogP contribution in [-0.4, -0.2) is 27.2 Å². The Balaban J connectivity index is 1.64. The molecule has 6 nitrogen and oxygen atoms in total. The Morgan fingerprint density at radius 2 is 1.60 bits per heavy atom. The lowest BCUT2D eigenvalue weighted by Crippen LogP contribution is -2.23. The minimum atomic E-state index is -0.287. The zero-order valence-electron chi connectivity index (χ0n) is 17.4. The first kappa shape index (κ1) is 19.6. The van der Waals surface area contributed by atoms with Crippen LogP contribution >= 0.6 is 0 Å². The molecule has 0 aliphatic rings. The van der Waals surface area contributed by atoms with Gasteiger partial charge in [-0.25, -0.2) is 0 Å². The van der Waals surface area contributed by atoms with E-state index in [2.05, 4.69) is 5.32 Å². The van der Waals surface area contributed by atoms with Crippen molar-refractivity contribution in [2.75, 3.05) is 21.3 Å². The summed E-state index contributed by atoms with van der Waals surface area (Å²) < 4.78 is 22.1. The van der Waals surface area contributed by atoms with E-state index >= 15 is 0 Å². The fourth-order valence-corrected chi connectivity index (χ4v) is 3.65. The van der Waals surface area contributed by atoms with Crippen molar-refractivity contribution < 1.29 is 23.4 Å². The molecule has 0 spiro atoms. The van der Waals surface area contributed by atoms with Crippen LogP contribution in [0.4, 0.5) is 0 Å². The Morgan fingerprint density at radius 3 is 2.33 bits per heavy atom. The van der Waals surface area contributed by atoms with Crippen LogP contribution in [0.15, 0.2) is 52.9 Å². The van der Waals surface area contributed by atoms with Gasteiger partial charge >= 0.3 is 0 Å². The summed E-state index contributed by atoms with van der Waals surface area (Å²) in [5, 5.41) is 5.91. The van der Waals surface area contributed by atoms with E-state index in [1.165, 1.54) is 0 Å². The molecule has 0 atom stereocenters. The maximum atomic E-state index is 12.9. The lowest BCUT2D eigenvalue weighted by molar-refractivity contribution is 0.0924. The molecule has 0 fully saturated rings. The molecule has 0 unspecified atom stereocenters. The summed E-state index contributed by atoms with van der Waals surface area (Å²) in [6.07, 6.45) is 0. The van der Waals surface area contributed by atoms with Gasteiger partial charge in [0.15, 0.2) is 17.3 Å². The molecule has 1 N–H and O–H groups in total. The molecule has 1 aromatic heterocycles. The smallest absolute Gasteiger partial charge is 0.287 e. The van der Waals surface area contributed by atoms with Crippen LogP contribution in [0.5, 0.6) is 17.2 Å². The zero-order valence-corrected chi connectivity index (χ0v) is 17.4. The zero-order chi connectivity index (χ0) is 21.3. The predicted molar refractivity (Wildman–Crippen MR) is 116 cm³/mol. The number of hydrogen-bond acceptors (Lipinski definition) is 5. The number of amides is 1. The number of fused-ring (bicyclic) bond motifs is 3. The number of ether oxygens (including phenoxy) is 3. The summed E-state index contributed by atoms with van der Waals surface area (Å²) in [6.45, 7) is 2.14. The molecule has 0 aliphatic heterocycles. The summed E-state index contributed by atoms with van der Waals surface area (Å²) in [4.78, 5) is 12.9. The van der Waals surface area contributed by atoms with Crippen molar-refractivity contribution in [3.63, 3.8) is 0 Å². The third-order valence-corrected chi connectivity index (χ3v) is 5.26. The highest BCUT2D eigenvalue weighted by atomic mass is 16.5. The monoisotopic (exact) mass is 405 g/mol. The Kier molecular flexibility index (Phi) is 5.23. The van der Waals surface area contributed by atoms with E-state index in [-0.39, 0.29) is 12.5 Å². The van der Waals surface area contributed by atoms with E-state index in [9.17, 15) is 4.79 Å². The molecule has 30 heavy (non-hydrogen) atoms. The fraction of sp³-hybridized carbons (Fsp3) is 0.208. The second-order valence-electron chi connectivity index (χ2n) is 6.92. The van der Waals surface area contributed by atoms with Gasteiger partial charge in [-0.1, -0.05) is 36.4 Å². The average molecular weight is 405 g/mol. The predicted octanol–water partition coefficient (Wildman–Crippen LogP) is 4.85. The fourth-order valence-electron chi connectivity index (χ4n) is 3.65. The summed E-state index contributed by atoms with van der Waals surface area (Å²) in [5.74, 6) is 1.74. The molecule has 3 aromatic carbocycles. The van der Waals surface area contributed by atoms with E-state index in [0.717, 1.165) is 32.9 Å². The van der Waals surface area contributed by atoms with Gasteiger partial charge in [-0.15, -0.1) is 0 Å². The van der Waals surface area contributed by atoms with E-state index in [0.29, 0.717) is 23.0 Å². The maximum Gasteiger partial charge on any atom is 0.287 e. The Morgan fingerprint density at radius 1 is 0.900 bits per heavy atom. The second kappa shape index (κ2) is 7.99. The summed E-state index contributed by atoms with van der Waals surface area (Å²) in [5.41, 5.74) is 2.30. The number of furan rings is 1. The molecule has 0 bridgehead atoms. The van der Waals surface area contributed by atoms with Gasteiger partial charge in [-0.3, -0.25) is 4.79 Å². The normalized spacial score (nSPS) is 10.9. The van der Waals surface area contributed by atoms with Gasteiger partial charge in [0.1, 0.15) is 11.3 Å². The number of aryl methyl sites for hydroxylation is 1. The van der Waals surface area contributed by atoms with E-state index < -0.39 is 0 Å². The van der Waals surface area contributed by atoms with Gasteiger partial charge in [0.2, 0.25) is 0 Å². The Labute approximate surface area is 174 Å². The molecule has 6 heteroatoms. The van der Waals surface area contributed by atoms with Crippen LogP contribution in [0.25, 0.3) is 21.7 Å². The molecule has 1 heterocycles. The molecule has 1 amide bonds. The van der Waals surface area contributed by atoms with E-state index in [1.54, 1.807) is 33.5 Å². The second-order valence-corrected chi connectivity index (χ2v) is 6.92. The minimum absolute atomic E-state index is 0.250. The SMILES string of the molecule is COc1cc(OC)c(OC)cc1CNC(=O)c1oc2c(ccc3ccccc32)c1C. The first-order valence-corrected chi connectivity index (χ1v) is 9.55. The van der Waals surface area contributed by atoms with Gasteiger partial charge in [0.05, 0.1) is 21.3 Å². The molecular weight excluding hydrogens is 382 g/mol. The highest BCUT2D eigenvalue weighted by Crippen LogP contribution is 2.35. The average Bonchev–Trinajstić information content (AvgIpc) is 3.13. The highest BCUT2D eigenvalue weighted by molar-refractivity contribution is 6.08. The van der Waals surface area contributed by atoms with Crippen LogP contribution in [0.1, 0.15) is 21.7 Å². The lowest BCUT2D eigenvalue weighted by atomic mass is 10.1. The van der Waals surface area contributed by atoms with Crippen molar-refractivity contribution in [2.24, 2.45) is 0 Å². The third kappa shape index (κ3) is 3.30. The van der Waals surface area contributed by atoms with Crippen LogP contribution in [0.3, 0.4) is 0 Å². The Hall–Kier alpha value is -3.67. The lowest BCUT2D eigenvalue weighted by Gasteiger charge is -2.14. The molecule has 0 saturated carbocycles. The van der Waals surface area contributed by atoms with Gasteiger partial charge < -0.3 is 23.9 Å². The number of nitrogens with one attached hydrogen (secondary N) is 1. The van der Waals surface area contributed by atoms with Crippen molar-refractivity contribution in [2.45, 2.75) is 13.5 Å². The number of hydrogen-bond donors (Lipinski definition) is 1. The molecule has 4 aromatic rings. The van der Waals surface area contributed by atoms with Crippen molar-refractivity contribution in [1.82, 2.24) is 5.32 Å². The number of rotatable bonds is 6. The highest BCUT2D eigenvalue weighted by Gasteiger charge is 2.20. The van der Waals surface area contributed by atoms with Gasteiger partial charge in [-0.05, 0) is 18.4 Å². The van der Waals surface area contributed by atoms with Crippen molar-refractivity contribution >= 4 is 27.6 Å². The summed E-state index contributed by atoms with van der Waals surface area (Å²) in [7, 11) is 4.70. The number of carbonyl (C=O) groups is 1. The number of benzene rings is 3. The van der Waals surface area contributed by atoms with Crippen LogP contribution in [-0.2, 0) is 6.54 Å². The summed E-state index contributed by atoms with van der Waals surface area (Å²) in [6, 6.07) is 15.5. The van der Waals surface area contributed by atoms with Crippen molar-refractivity contribution in [1.29, 1.82) is 0 Å². The van der Waals surface area contributed by atoms with Crippen molar-refractivity contribution in [3.05, 3.63) is 65.4 Å². The van der Waals surface area contributed by atoms with Crippen molar-refractivity contribution in [3.8, 4) is 17.2 Å². The minimum Gasteiger partial charge on any atom is -0.496 e. The number of carbonyl (C=O) groups excluding carboxylic acids is 1. The van der Waals surface area contributed by atoms with Crippen LogP contribution < -0.4 is 19.5 Å². The third-order valence-electron chi connectivity index (χ3n) is 5.26. The largest absolute Gasteiger partial charge is 0.496 e. The summed E-state index contributed by atoms with van der Waals surface area (Å²) >= 11 is 0. The quantitative estimate of drug-likeness (QED) is 0.497.